The summed E-state index contributed by atoms with van der Waals surface area (Å²) in [5, 5.41) is 10.6. The minimum absolute atomic E-state index is 0.0441. The highest BCUT2D eigenvalue weighted by Gasteiger charge is 2.47. The Morgan fingerprint density at radius 1 is 1.22 bits per heavy atom. The fourth-order valence-electron chi connectivity index (χ4n) is 2.26. The fourth-order valence-corrected chi connectivity index (χ4v) is 2.26. The summed E-state index contributed by atoms with van der Waals surface area (Å²) in [5.41, 5.74) is -1.87. The number of aliphatic hydroxyl groups is 1. The Labute approximate surface area is 135 Å². The molecule has 2 atom stereocenters. The first-order chi connectivity index (χ1) is 10.8. The minimum Gasteiger partial charge on any atom is -0.497 e. The van der Waals surface area contributed by atoms with E-state index in [0.29, 0.717) is 11.3 Å². The highest BCUT2D eigenvalue weighted by atomic mass is 16.5. The van der Waals surface area contributed by atoms with E-state index in [0.717, 1.165) is 0 Å². The van der Waals surface area contributed by atoms with Crippen LogP contribution in [0.15, 0.2) is 24.3 Å². The van der Waals surface area contributed by atoms with Crippen LogP contribution in [0.2, 0.25) is 0 Å². The molecule has 6 nitrogen and oxygen atoms in total. The molecule has 1 aromatic carbocycles. The number of ether oxygens (including phenoxy) is 2. The Morgan fingerprint density at radius 3 is 2.22 bits per heavy atom. The van der Waals surface area contributed by atoms with Crippen LogP contribution in [0, 0.1) is 5.92 Å². The molecule has 0 radical (unpaired) electrons. The number of Topliss-reactive ketones (excluding diaryl/α,β-unsaturated/α-hetero) is 2. The van der Waals surface area contributed by atoms with Crippen molar-refractivity contribution in [2.75, 3.05) is 13.7 Å². The first-order valence-corrected chi connectivity index (χ1v) is 7.33. The molecule has 0 amide bonds. The predicted octanol–water partition coefficient (Wildman–Crippen LogP) is 1.79. The molecular weight excluding hydrogens is 300 g/mol. The van der Waals surface area contributed by atoms with Crippen LogP contribution < -0.4 is 4.74 Å². The van der Waals surface area contributed by atoms with Crippen LogP contribution in [0.1, 0.15) is 37.6 Å². The van der Waals surface area contributed by atoms with E-state index in [4.69, 9.17) is 9.47 Å². The number of benzene rings is 1. The van der Waals surface area contributed by atoms with E-state index in [1.54, 1.807) is 19.1 Å². The number of hydrogen-bond donors (Lipinski definition) is 1. The largest absolute Gasteiger partial charge is 0.497 e. The zero-order chi connectivity index (χ0) is 17.6. The second kappa shape index (κ2) is 7.87. The van der Waals surface area contributed by atoms with Gasteiger partial charge in [0.05, 0.1) is 19.6 Å². The van der Waals surface area contributed by atoms with E-state index in [1.807, 2.05) is 0 Å². The normalized spacial score (nSPS) is 14.5. The second-order valence-electron chi connectivity index (χ2n) is 5.34. The average Bonchev–Trinajstić information content (AvgIpc) is 2.53. The van der Waals surface area contributed by atoms with Crippen molar-refractivity contribution >= 4 is 17.5 Å². The summed E-state index contributed by atoms with van der Waals surface area (Å²) < 4.78 is 9.86. The van der Waals surface area contributed by atoms with Gasteiger partial charge in [-0.15, -0.1) is 0 Å². The minimum atomic E-state index is -2.18. The fraction of sp³-hybridized carbons (Fsp3) is 0.471. The van der Waals surface area contributed by atoms with Crippen molar-refractivity contribution in [1.29, 1.82) is 0 Å². The zero-order valence-corrected chi connectivity index (χ0v) is 13.8. The lowest BCUT2D eigenvalue weighted by Gasteiger charge is -2.30. The molecule has 0 aliphatic carbocycles. The molecular formula is C17H22O6. The summed E-state index contributed by atoms with van der Waals surface area (Å²) in [6, 6.07) is 6.29. The van der Waals surface area contributed by atoms with Crippen LogP contribution >= 0.6 is 0 Å². The molecule has 0 fully saturated rings. The Bertz CT molecular complexity index is 577. The Morgan fingerprint density at radius 2 is 1.78 bits per heavy atom. The molecule has 0 saturated heterocycles. The molecule has 0 aliphatic rings. The van der Waals surface area contributed by atoms with Gasteiger partial charge in [-0.05, 0) is 38.1 Å². The van der Waals surface area contributed by atoms with Crippen molar-refractivity contribution < 1.29 is 29.0 Å². The molecule has 0 aliphatic heterocycles. The number of carbonyl (C=O) groups is 3. The number of methoxy groups -OCH3 is 1. The maximum Gasteiger partial charge on any atom is 0.339 e. The van der Waals surface area contributed by atoms with Gasteiger partial charge in [-0.25, -0.2) is 4.79 Å². The molecule has 1 aromatic rings. The quantitative estimate of drug-likeness (QED) is 0.580. The number of esters is 1. The number of carbonyl (C=O) groups excluding carboxylic acids is 3. The van der Waals surface area contributed by atoms with Crippen LogP contribution in [-0.2, 0) is 14.3 Å². The predicted molar refractivity (Wildman–Crippen MR) is 83.4 cm³/mol. The molecule has 0 unspecified atom stereocenters. The Kier molecular flexibility index (Phi) is 6.45. The van der Waals surface area contributed by atoms with Crippen LogP contribution in [0.3, 0.4) is 0 Å². The summed E-state index contributed by atoms with van der Waals surface area (Å²) in [4.78, 5) is 36.1. The molecule has 23 heavy (non-hydrogen) atoms. The smallest absolute Gasteiger partial charge is 0.339 e. The highest BCUT2D eigenvalue weighted by molar-refractivity contribution is 6.02. The van der Waals surface area contributed by atoms with Crippen LogP contribution in [0.25, 0.3) is 0 Å². The third kappa shape index (κ3) is 4.39. The third-order valence-electron chi connectivity index (χ3n) is 3.63. The molecule has 0 heterocycles. The first kappa shape index (κ1) is 18.8. The van der Waals surface area contributed by atoms with Gasteiger partial charge in [-0.1, -0.05) is 6.92 Å². The lowest BCUT2D eigenvalue weighted by Crippen LogP contribution is -2.50. The van der Waals surface area contributed by atoms with E-state index in [2.05, 4.69) is 0 Å². The van der Waals surface area contributed by atoms with E-state index < -0.39 is 35.5 Å². The van der Waals surface area contributed by atoms with Gasteiger partial charge in [0.1, 0.15) is 11.5 Å². The van der Waals surface area contributed by atoms with Crippen molar-refractivity contribution in [1.82, 2.24) is 0 Å². The van der Waals surface area contributed by atoms with Crippen molar-refractivity contribution in [3.8, 4) is 5.75 Å². The number of rotatable bonds is 8. The molecule has 1 N–H and O–H groups in total. The standard InChI is InChI=1S/C17H22O6/c1-5-23-16(20)17(21,10-11(2)18)12(3)15(19)13-6-8-14(22-4)9-7-13/h6-9,12,21H,5,10H2,1-4H3/t12-,17-/m1/s1. The van der Waals surface area contributed by atoms with Gasteiger partial charge in [0, 0.05) is 12.0 Å². The average molecular weight is 322 g/mol. The zero-order valence-electron chi connectivity index (χ0n) is 13.8. The molecule has 0 saturated carbocycles. The van der Waals surface area contributed by atoms with Crippen molar-refractivity contribution in [2.45, 2.75) is 32.8 Å². The van der Waals surface area contributed by atoms with E-state index in [1.165, 1.54) is 33.1 Å². The summed E-state index contributed by atoms with van der Waals surface area (Å²) in [6.07, 6.45) is -0.477. The summed E-state index contributed by atoms with van der Waals surface area (Å²) in [6.45, 7) is 4.28. The summed E-state index contributed by atoms with van der Waals surface area (Å²) >= 11 is 0. The molecule has 1 rings (SSSR count). The number of hydrogen-bond acceptors (Lipinski definition) is 6. The van der Waals surface area contributed by atoms with Gasteiger partial charge in [-0.3, -0.25) is 9.59 Å². The highest BCUT2D eigenvalue weighted by Crippen LogP contribution is 2.28. The van der Waals surface area contributed by atoms with Crippen LogP contribution in [-0.4, -0.2) is 42.0 Å². The third-order valence-corrected chi connectivity index (χ3v) is 3.63. The van der Waals surface area contributed by atoms with Crippen molar-refractivity contribution in [3.05, 3.63) is 29.8 Å². The van der Waals surface area contributed by atoms with Gasteiger partial charge in [0.2, 0.25) is 0 Å². The number of ketones is 2. The van der Waals surface area contributed by atoms with Crippen molar-refractivity contribution in [2.24, 2.45) is 5.92 Å². The maximum atomic E-state index is 12.6. The van der Waals surface area contributed by atoms with Gasteiger partial charge in [-0.2, -0.15) is 0 Å². The van der Waals surface area contributed by atoms with Crippen LogP contribution in [0.5, 0.6) is 5.75 Å². The SMILES string of the molecule is CCOC(=O)[C@@](O)(CC(C)=O)[C@H](C)C(=O)c1ccc(OC)cc1. The van der Waals surface area contributed by atoms with Crippen LogP contribution in [0.4, 0.5) is 0 Å². The molecule has 0 aromatic heterocycles. The summed E-state index contributed by atoms with van der Waals surface area (Å²) in [7, 11) is 1.51. The lowest BCUT2D eigenvalue weighted by molar-refractivity contribution is -0.171. The monoisotopic (exact) mass is 322 g/mol. The van der Waals surface area contributed by atoms with Crippen molar-refractivity contribution in [3.63, 3.8) is 0 Å². The van der Waals surface area contributed by atoms with Gasteiger partial charge in [0.25, 0.3) is 0 Å². The summed E-state index contributed by atoms with van der Waals surface area (Å²) in [5.74, 6) is -2.37. The Balaban J connectivity index is 3.11. The molecule has 0 spiro atoms. The van der Waals surface area contributed by atoms with E-state index in [-0.39, 0.29) is 6.61 Å². The lowest BCUT2D eigenvalue weighted by atomic mass is 9.80. The topological polar surface area (TPSA) is 89.9 Å². The maximum absolute atomic E-state index is 12.6. The van der Waals surface area contributed by atoms with E-state index >= 15 is 0 Å². The molecule has 6 heteroatoms. The Hall–Kier alpha value is -2.21. The second-order valence-corrected chi connectivity index (χ2v) is 5.34. The van der Waals surface area contributed by atoms with E-state index in [9.17, 15) is 19.5 Å². The van der Waals surface area contributed by atoms with Gasteiger partial charge < -0.3 is 14.6 Å². The molecule has 0 bridgehead atoms. The first-order valence-electron chi connectivity index (χ1n) is 7.33. The van der Waals surface area contributed by atoms with Gasteiger partial charge in [0.15, 0.2) is 11.4 Å². The molecule has 126 valence electrons. The van der Waals surface area contributed by atoms with Gasteiger partial charge >= 0.3 is 5.97 Å².